The zero-order chi connectivity index (χ0) is 17.2. The van der Waals surface area contributed by atoms with Crippen molar-refractivity contribution in [1.29, 1.82) is 0 Å². The molecule has 3 rings (SSSR count). The first-order valence-electron chi connectivity index (χ1n) is 8.35. The Balaban J connectivity index is 1.63. The lowest BCUT2D eigenvalue weighted by atomic mass is 9.85. The molecule has 1 aromatic carbocycles. The quantitative estimate of drug-likeness (QED) is 0.825. The fourth-order valence-electron chi connectivity index (χ4n) is 3.71. The van der Waals surface area contributed by atoms with E-state index in [-0.39, 0.29) is 17.6 Å². The van der Waals surface area contributed by atoms with Crippen LogP contribution in [0.15, 0.2) is 24.3 Å². The number of hydrogen-bond donors (Lipinski definition) is 0. The molecule has 0 saturated carbocycles. The summed E-state index contributed by atoms with van der Waals surface area (Å²) in [4.78, 5) is 28.6. The monoisotopic (exact) mass is 334 g/mol. The Hall–Kier alpha value is -1.95. The fraction of sp³-hybridized carbons (Fsp3) is 0.556. The van der Waals surface area contributed by atoms with Crippen molar-refractivity contribution in [3.05, 3.63) is 35.6 Å². The number of ether oxygens (including phenoxy) is 1. The van der Waals surface area contributed by atoms with Gasteiger partial charge in [0.2, 0.25) is 11.8 Å². The highest BCUT2D eigenvalue weighted by Crippen LogP contribution is 2.41. The molecule has 5 nitrogen and oxygen atoms in total. The predicted molar refractivity (Wildman–Crippen MR) is 86.6 cm³/mol. The molecule has 2 heterocycles. The second kappa shape index (κ2) is 6.89. The molecule has 2 aliphatic rings. The van der Waals surface area contributed by atoms with Gasteiger partial charge < -0.3 is 14.5 Å². The lowest BCUT2D eigenvalue weighted by Gasteiger charge is -2.24. The van der Waals surface area contributed by atoms with E-state index < -0.39 is 5.41 Å². The number of halogens is 1. The largest absolute Gasteiger partial charge is 0.384 e. The van der Waals surface area contributed by atoms with Crippen molar-refractivity contribution < 1.29 is 18.7 Å². The molecule has 0 aromatic heterocycles. The molecule has 1 spiro atoms. The van der Waals surface area contributed by atoms with Gasteiger partial charge in [0.25, 0.3) is 0 Å². The number of carbonyl (C=O) groups is 2. The number of methoxy groups -OCH3 is 1. The van der Waals surface area contributed by atoms with Crippen molar-refractivity contribution in [3.8, 4) is 0 Å². The van der Waals surface area contributed by atoms with Crippen LogP contribution in [0.25, 0.3) is 0 Å². The number of nitrogens with zero attached hydrogens (tertiary/aromatic N) is 2. The summed E-state index contributed by atoms with van der Waals surface area (Å²) in [5, 5.41) is 0. The maximum atomic E-state index is 13.3. The maximum Gasteiger partial charge on any atom is 0.231 e. The summed E-state index contributed by atoms with van der Waals surface area (Å²) >= 11 is 0. The Labute approximate surface area is 141 Å². The Morgan fingerprint density at radius 3 is 2.88 bits per heavy atom. The highest BCUT2D eigenvalue weighted by atomic mass is 19.1. The molecule has 130 valence electrons. The summed E-state index contributed by atoms with van der Waals surface area (Å²) in [6, 6.07) is 6.36. The van der Waals surface area contributed by atoms with Crippen molar-refractivity contribution in [1.82, 2.24) is 9.80 Å². The van der Waals surface area contributed by atoms with E-state index in [4.69, 9.17) is 4.74 Å². The van der Waals surface area contributed by atoms with Crippen molar-refractivity contribution in [2.75, 3.05) is 33.4 Å². The van der Waals surface area contributed by atoms with Crippen LogP contribution in [0.2, 0.25) is 0 Å². The van der Waals surface area contributed by atoms with Gasteiger partial charge in [0.1, 0.15) is 5.82 Å². The van der Waals surface area contributed by atoms with Crippen LogP contribution in [-0.2, 0) is 20.9 Å². The van der Waals surface area contributed by atoms with E-state index in [9.17, 15) is 14.0 Å². The third-order valence-electron chi connectivity index (χ3n) is 5.09. The third-order valence-corrected chi connectivity index (χ3v) is 5.09. The van der Waals surface area contributed by atoms with Crippen LogP contribution in [0.1, 0.15) is 24.8 Å². The number of amides is 2. The molecular weight excluding hydrogens is 311 g/mol. The molecule has 0 N–H and O–H groups in total. The Morgan fingerprint density at radius 1 is 1.33 bits per heavy atom. The summed E-state index contributed by atoms with van der Waals surface area (Å²) in [7, 11) is 1.57. The van der Waals surface area contributed by atoms with Gasteiger partial charge in [0.05, 0.1) is 18.4 Å². The average Bonchev–Trinajstić information content (AvgIpc) is 3.13. The number of benzene rings is 1. The third kappa shape index (κ3) is 3.29. The lowest BCUT2D eigenvalue weighted by Crippen LogP contribution is -2.38. The minimum Gasteiger partial charge on any atom is -0.384 e. The summed E-state index contributed by atoms with van der Waals surface area (Å²) in [6.07, 6.45) is 1.83. The minimum absolute atomic E-state index is 0.0464. The lowest BCUT2D eigenvalue weighted by molar-refractivity contribution is -0.137. The molecule has 24 heavy (non-hydrogen) atoms. The van der Waals surface area contributed by atoms with Crippen molar-refractivity contribution in [2.45, 2.75) is 25.8 Å². The van der Waals surface area contributed by atoms with Gasteiger partial charge in [-0.2, -0.15) is 0 Å². The number of likely N-dealkylation sites (tertiary alicyclic amines) is 2. The van der Waals surface area contributed by atoms with Gasteiger partial charge in [-0.05, 0) is 30.5 Å². The highest BCUT2D eigenvalue weighted by molar-refractivity contribution is 5.87. The highest BCUT2D eigenvalue weighted by Gasteiger charge is 2.51. The zero-order valence-corrected chi connectivity index (χ0v) is 14.0. The van der Waals surface area contributed by atoms with Gasteiger partial charge in [0.15, 0.2) is 0 Å². The molecule has 0 unspecified atom stereocenters. The Kier molecular flexibility index (Phi) is 4.85. The van der Waals surface area contributed by atoms with E-state index in [1.54, 1.807) is 23.0 Å². The molecule has 0 radical (unpaired) electrons. The Morgan fingerprint density at radius 2 is 2.12 bits per heavy atom. The smallest absolute Gasteiger partial charge is 0.231 e. The Bertz CT molecular complexity index is 636. The van der Waals surface area contributed by atoms with E-state index in [2.05, 4.69) is 0 Å². The first kappa shape index (κ1) is 16.9. The van der Waals surface area contributed by atoms with Crippen molar-refractivity contribution in [2.24, 2.45) is 5.41 Å². The molecular formula is C18H23FN2O3. The van der Waals surface area contributed by atoms with Crippen LogP contribution in [-0.4, -0.2) is 55.0 Å². The van der Waals surface area contributed by atoms with Gasteiger partial charge in [-0.25, -0.2) is 4.39 Å². The van der Waals surface area contributed by atoms with E-state index in [0.717, 1.165) is 12.0 Å². The van der Waals surface area contributed by atoms with Crippen molar-refractivity contribution in [3.63, 3.8) is 0 Å². The average molecular weight is 334 g/mol. The normalized spacial score (nSPS) is 23.5. The molecule has 2 saturated heterocycles. The van der Waals surface area contributed by atoms with Crippen molar-refractivity contribution >= 4 is 11.8 Å². The molecule has 2 amide bonds. The molecule has 6 heteroatoms. The van der Waals surface area contributed by atoms with Gasteiger partial charge in [0, 0.05) is 33.3 Å². The summed E-state index contributed by atoms with van der Waals surface area (Å²) < 4.78 is 18.3. The van der Waals surface area contributed by atoms with Crippen LogP contribution in [0.3, 0.4) is 0 Å². The SMILES string of the molecule is COCCC(=O)N1CC[C@]2(CCN(Cc3cccc(F)c3)C2=O)C1. The molecule has 2 fully saturated rings. The maximum absolute atomic E-state index is 13.3. The molecule has 2 aliphatic heterocycles. The molecule has 1 atom stereocenters. The predicted octanol–water partition coefficient (Wildman–Crippen LogP) is 1.81. The van der Waals surface area contributed by atoms with Crippen LogP contribution in [0, 0.1) is 11.2 Å². The van der Waals surface area contributed by atoms with Crippen LogP contribution < -0.4 is 0 Å². The fourth-order valence-corrected chi connectivity index (χ4v) is 3.71. The topological polar surface area (TPSA) is 49.9 Å². The van der Waals surface area contributed by atoms with Crippen LogP contribution in [0.5, 0.6) is 0 Å². The van der Waals surface area contributed by atoms with Gasteiger partial charge in [-0.3, -0.25) is 9.59 Å². The summed E-state index contributed by atoms with van der Waals surface area (Å²) in [6.45, 7) is 2.61. The first-order valence-corrected chi connectivity index (χ1v) is 8.35. The second-order valence-corrected chi connectivity index (χ2v) is 6.70. The number of rotatable bonds is 5. The zero-order valence-electron chi connectivity index (χ0n) is 14.0. The van der Waals surface area contributed by atoms with E-state index in [0.29, 0.717) is 45.6 Å². The van der Waals surface area contributed by atoms with E-state index in [1.807, 2.05) is 6.07 Å². The number of hydrogen-bond acceptors (Lipinski definition) is 3. The molecule has 1 aromatic rings. The standard InChI is InChI=1S/C18H23FN2O3/c1-24-10-5-16(22)21-9-7-18(13-21)6-8-20(17(18)23)12-14-3-2-4-15(19)11-14/h2-4,11H,5-10,12-13H2,1H3/t18-/m1/s1. The molecule has 0 aliphatic carbocycles. The second-order valence-electron chi connectivity index (χ2n) is 6.70. The minimum atomic E-state index is -0.448. The van der Waals surface area contributed by atoms with E-state index in [1.165, 1.54) is 12.1 Å². The number of carbonyl (C=O) groups excluding carboxylic acids is 2. The van der Waals surface area contributed by atoms with Crippen LogP contribution >= 0.6 is 0 Å². The molecule has 0 bridgehead atoms. The van der Waals surface area contributed by atoms with Gasteiger partial charge >= 0.3 is 0 Å². The van der Waals surface area contributed by atoms with Gasteiger partial charge in [-0.1, -0.05) is 12.1 Å². The summed E-state index contributed by atoms with van der Waals surface area (Å²) in [5.41, 5.74) is 0.349. The van der Waals surface area contributed by atoms with E-state index >= 15 is 0 Å². The van der Waals surface area contributed by atoms with Gasteiger partial charge in [-0.15, -0.1) is 0 Å². The van der Waals surface area contributed by atoms with Crippen LogP contribution in [0.4, 0.5) is 4.39 Å². The first-order chi connectivity index (χ1) is 11.5. The summed E-state index contributed by atoms with van der Waals surface area (Å²) in [5.74, 6) is -0.149.